The molecule has 0 fully saturated rings. The summed E-state index contributed by atoms with van der Waals surface area (Å²) >= 11 is 0. The molecular formula is C15H21NO4. The number of ether oxygens (including phenoxy) is 1. The van der Waals surface area contributed by atoms with Crippen LogP contribution < -0.4 is 5.73 Å². The molecule has 5 nitrogen and oxygen atoms in total. The van der Waals surface area contributed by atoms with E-state index in [9.17, 15) is 14.7 Å². The van der Waals surface area contributed by atoms with E-state index in [1.807, 2.05) is 13.0 Å². The van der Waals surface area contributed by atoms with E-state index < -0.39 is 29.5 Å². The summed E-state index contributed by atoms with van der Waals surface area (Å²) in [5.41, 5.74) is 6.74. The Labute approximate surface area is 118 Å². The van der Waals surface area contributed by atoms with Crippen molar-refractivity contribution >= 4 is 11.9 Å². The summed E-state index contributed by atoms with van der Waals surface area (Å²) in [6, 6.07) is 6.18. The Morgan fingerprint density at radius 3 is 2.35 bits per heavy atom. The average Bonchev–Trinajstić information content (AvgIpc) is 2.25. The Balaban J connectivity index is 3.02. The van der Waals surface area contributed by atoms with Crippen LogP contribution in [-0.2, 0) is 14.3 Å². The highest BCUT2D eigenvalue weighted by Crippen LogP contribution is 2.24. The Morgan fingerprint density at radius 1 is 1.30 bits per heavy atom. The van der Waals surface area contributed by atoms with E-state index in [1.54, 1.807) is 39.0 Å². The van der Waals surface area contributed by atoms with E-state index >= 15 is 0 Å². The van der Waals surface area contributed by atoms with Gasteiger partial charge < -0.3 is 15.6 Å². The molecule has 0 radical (unpaired) electrons. The van der Waals surface area contributed by atoms with E-state index in [0.29, 0.717) is 5.56 Å². The van der Waals surface area contributed by atoms with Crippen LogP contribution in [0.2, 0.25) is 0 Å². The summed E-state index contributed by atoms with van der Waals surface area (Å²) < 4.78 is 5.13. The molecule has 0 saturated carbocycles. The normalized spacial score (nSPS) is 14.4. The maximum Gasteiger partial charge on any atom is 0.322 e. The molecule has 3 N–H and O–H groups in total. The molecule has 0 aliphatic heterocycles. The SMILES string of the molecule is Cc1cccc(C(N)[C@@H](C(=O)O)C(=O)OC(C)(C)C)c1. The zero-order valence-electron chi connectivity index (χ0n) is 12.2. The predicted molar refractivity (Wildman–Crippen MR) is 75.1 cm³/mol. The van der Waals surface area contributed by atoms with Gasteiger partial charge in [0.05, 0.1) is 6.04 Å². The topological polar surface area (TPSA) is 89.6 Å². The molecule has 1 rings (SSSR count). The highest BCUT2D eigenvalue weighted by molar-refractivity contribution is 5.95. The summed E-state index contributed by atoms with van der Waals surface area (Å²) in [6.45, 7) is 6.92. The van der Waals surface area contributed by atoms with Gasteiger partial charge in [-0.15, -0.1) is 0 Å². The number of carboxylic acid groups (broad SMARTS) is 1. The van der Waals surface area contributed by atoms with Crippen molar-refractivity contribution < 1.29 is 19.4 Å². The van der Waals surface area contributed by atoms with E-state index in [-0.39, 0.29) is 0 Å². The van der Waals surface area contributed by atoms with Crippen molar-refractivity contribution in [2.24, 2.45) is 11.7 Å². The summed E-state index contributed by atoms with van der Waals surface area (Å²) in [7, 11) is 0. The Bertz CT molecular complexity index is 505. The zero-order chi connectivity index (χ0) is 15.5. The lowest BCUT2D eigenvalue weighted by atomic mass is 9.92. The number of carbonyl (C=O) groups is 2. The molecule has 0 spiro atoms. The van der Waals surface area contributed by atoms with Crippen LogP contribution in [0.5, 0.6) is 0 Å². The summed E-state index contributed by atoms with van der Waals surface area (Å²) in [6.07, 6.45) is 0. The molecule has 1 unspecified atom stereocenters. The lowest BCUT2D eigenvalue weighted by molar-refractivity contribution is -0.167. The molecule has 0 saturated heterocycles. The molecular weight excluding hydrogens is 258 g/mol. The van der Waals surface area contributed by atoms with Crippen LogP contribution in [0.4, 0.5) is 0 Å². The highest BCUT2D eigenvalue weighted by Gasteiger charge is 2.37. The first-order chi connectivity index (χ1) is 9.11. The first-order valence-corrected chi connectivity index (χ1v) is 6.39. The average molecular weight is 279 g/mol. The molecule has 0 heterocycles. The minimum Gasteiger partial charge on any atom is -0.481 e. The smallest absolute Gasteiger partial charge is 0.322 e. The van der Waals surface area contributed by atoms with Gasteiger partial charge in [0.2, 0.25) is 0 Å². The van der Waals surface area contributed by atoms with Crippen LogP contribution in [0, 0.1) is 12.8 Å². The van der Waals surface area contributed by atoms with Crippen LogP contribution in [0.3, 0.4) is 0 Å². The molecule has 0 bridgehead atoms. The van der Waals surface area contributed by atoms with Crippen LogP contribution in [0.15, 0.2) is 24.3 Å². The molecule has 0 aromatic heterocycles. The number of rotatable bonds is 4. The number of aryl methyl sites for hydroxylation is 1. The van der Waals surface area contributed by atoms with Crippen LogP contribution >= 0.6 is 0 Å². The van der Waals surface area contributed by atoms with E-state index in [1.165, 1.54) is 0 Å². The van der Waals surface area contributed by atoms with Gasteiger partial charge in [-0.2, -0.15) is 0 Å². The van der Waals surface area contributed by atoms with Crippen molar-refractivity contribution in [3.8, 4) is 0 Å². The molecule has 1 aromatic carbocycles. The Morgan fingerprint density at radius 2 is 1.90 bits per heavy atom. The van der Waals surface area contributed by atoms with Gasteiger partial charge in [0.1, 0.15) is 5.60 Å². The van der Waals surface area contributed by atoms with Gasteiger partial charge in [-0.3, -0.25) is 9.59 Å². The molecule has 0 aliphatic carbocycles. The number of aliphatic carboxylic acids is 1. The monoisotopic (exact) mass is 279 g/mol. The third-order valence-corrected chi connectivity index (χ3v) is 2.71. The Kier molecular flexibility index (Phi) is 4.89. The predicted octanol–water partition coefficient (Wildman–Crippen LogP) is 2.04. The minimum atomic E-state index is -1.42. The number of carboxylic acids is 1. The Hall–Kier alpha value is -1.88. The van der Waals surface area contributed by atoms with Gasteiger partial charge in [-0.05, 0) is 33.3 Å². The fourth-order valence-electron chi connectivity index (χ4n) is 1.84. The lowest BCUT2D eigenvalue weighted by Crippen LogP contribution is -2.39. The van der Waals surface area contributed by atoms with E-state index in [0.717, 1.165) is 5.56 Å². The van der Waals surface area contributed by atoms with E-state index in [4.69, 9.17) is 10.5 Å². The second-order valence-corrected chi connectivity index (χ2v) is 5.79. The van der Waals surface area contributed by atoms with Gasteiger partial charge in [-0.25, -0.2) is 0 Å². The van der Waals surface area contributed by atoms with Crippen LogP contribution in [0.25, 0.3) is 0 Å². The second kappa shape index (κ2) is 6.05. The molecule has 0 aliphatic rings. The minimum absolute atomic E-state index is 0.600. The number of nitrogens with two attached hydrogens (primary N) is 1. The quantitative estimate of drug-likeness (QED) is 0.650. The van der Waals surface area contributed by atoms with Gasteiger partial charge in [0, 0.05) is 0 Å². The maximum absolute atomic E-state index is 12.0. The molecule has 5 heteroatoms. The number of esters is 1. The fourth-order valence-corrected chi connectivity index (χ4v) is 1.84. The number of benzene rings is 1. The van der Waals surface area contributed by atoms with Crippen molar-refractivity contribution in [1.29, 1.82) is 0 Å². The largest absolute Gasteiger partial charge is 0.481 e. The number of hydrogen-bond donors (Lipinski definition) is 2. The third-order valence-electron chi connectivity index (χ3n) is 2.71. The molecule has 110 valence electrons. The standard InChI is InChI=1S/C15H21NO4/c1-9-6-5-7-10(8-9)12(16)11(13(17)18)14(19)20-15(2,3)4/h5-8,11-12H,16H2,1-4H3,(H,17,18)/t11-,12?/m0/s1. The van der Waals surface area contributed by atoms with Crippen molar-refractivity contribution in [2.75, 3.05) is 0 Å². The van der Waals surface area contributed by atoms with Gasteiger partial charge in [-0.1, -0.05) is 29.8 Å². The summed E-state index contributed by atoms with van der Waals surface area (Å²) in [5.74, 6) is -3.52. The fraction of sp³-hybridized carbons (Fsp3) is 0.467. The van der Waals surface area contributed by atoms with Crippen molar-refractivity contribution in [2.45, 2.75) is 39.3 Å². The van der Waals surface area contributed by atoms with Gasteiger partial charge in [0.25, 0.3) is 0 Å². The molecule has 2 atom stereocenters. The highest BCUT2D eigenvalue weighted by atomic mass is 16.6. The first-order valence-electron chi connectivity index (χ1n) is 6.39. The zero-order valence-corrected chi connectivity index (χ0v) is 12.2. The first kappa shape index (κ1) is 16.2. The second-order valence-electron chi connectivity index (χ2n) is 5.79. The molecule has 0 amide bonds. The van der Waals surface area contributed by atoms with Crippen molar-refractivity contribution in [3.63, 3.8) is 0 Å². The number of carbonyl (C=O) groups excluding carboxylic acids is 1. The summed E-state index contributed by atoms with van der Waals surface area (Å²) in [4.78, 5) is 23.4. The van der Waals surface area contributed by atoms with Gasteiger partial charge in [0.15, 0.2) is 5.92 Å². The molecule has 1 aromatic rings. The third kappa shape index (κ3) is 4.35. The van der Waals surface area contributed by atoms with Crippen molar-refractivity contribution in [1.82, 2.24) is 0 Å². The lowest BCUT2D eigenvalue weighted by Gasteiger charge is -2.25. The molecule has 20 heavy (non-hydrogen) atoms. The summed E-state index contributed by atoms with van der Waals surface area (Å²) in [5, 5.41) is 9.26. The number of hydrogen-bond acceptors (Lipinski definition) is 4. The van der Waals surface area contributed by atoms with Crippen molar-refractivity contribution in [3.05, 3.63) is 35.4 Å². The van der Waals surface area contributed by atoms with Crippen LogP contribution in [0.1, 0.15) is 37.9 Å². The van der Waals surface area contributed by atoms with Crippen LogP contribution in [-0.4, -0.2) is 22.6 Å². The van der Waals surface area contributed by atoms with Gasteiger partial charge >= 0.3 is 11.9 Å². The maximum atomic E-state index is 12.0. The van der Waals surface area contributed by atoms with E-state index in [2.05, 4.69) is 0 Å².